The first-order valence-electron chi connectivity index (χ1n) is 8.00. The third-order valence-electron chi connectivity index (χ3n) is 5.17. The normalized spacial score (nSPS) is 27.1. The number of carbonyl (C=O) groups is 1. The molecule has 114 valence electrons. The maximum Gasteiger partial charge on any atom is 0.273 e. The standard InChI is InChI=1S/C18H20N2OS/c1-12-2-4-13(5-3-12)14-8-15-6-7-16(9-14)20(15)18(21)17-10-22-11-19-17/h2-5,10-11,14-16H,6-9H2,1H3. The van der Waals surface area contributed by atoms with Crippen molar-refractivity contribution in [3.63, 3.8) is 0 Å². The Morgan fingerprint density at radius 1 is 1.18 bits per heavy atom. The van der Waals surface area contributed by atoms with E-state index in [9.17, 15) is 4.79 Å². The first-order chi connectivity index (χ1) is 10.7. The van der Waals surface area contributed by atoms with Gasteiger partial charge >= 0.3 is 0 Å². The molecule has 0 N–H and O–H groups in total. The molecule has 4 heteroatoms. The number of rotatable bonds is 2. The largest absolute Gasteiger partial charge is 0.331 e. The van der Waals surface area contributed by atoms with E-state index in [-0.39, 0.29) is 5.91 Å². The molecule has 3 nitrogen and oxygen atoms in total. The van der Waals surface area contributed by atoms with Crippen LogP contribution in [0.1, 0.15) is 53.2 Å². The summed E-state index contributed by atoms with van der Waals surface area (Å²) in [6.45, 7) is 2.13. The highest BCUT2D eigenvalue weighted by Crippen LogP contribution is 2.43. The number of piperidine rings is 1. The van der Waals surface area contributed by atoms with Gasteiger partial charge in [0.05, 0.1) is 5.51 Å². The summed E-state index contributed by atoms with van der Waals surface area (Å²) in [5, 5.41) is 1.87. The zero-order valence-corrected chi connectivity index (χ0v) is 13.6. The van der Waals surface area contributed by atoms with E-state index in [4.69, 9.17) is 0 Å². The molecule has 2 aliphatic rings. The van der Waals surface area contributed by atoms with Gasteiger partial charge < -0.3 is 4.90 Å². The molecule has 2 saturated heterocycles. The molecule has 2 atom stereocenters. The number of hydrogen-bond acceptors (Lipinski definition) is 3. The molecule has 1 amide bonds. The number of amides is 1. The van der Waals surface area contributed by atoms with Crippen LogP contribution in [0.25, 0.3) is 0 Å². The van der Waals surface area contributed by atoms with Gasteiger partial charge in [0.1, 0.15) is 5.69 Å². The van der Waals surface area contributed by atoms with Gasteiger partial charge in [0.2, 0.25) is 0 Å². The molecule has 1 aromatic carbocycles. The molecular formula is C18H20N2OS. The van der Waals surface area contributed by atoms with Crippen molar-refractivity contribution in [1.82, 2.24) is 9.88 Å². The molecule has 0 spiro atoms. The van der Waals surface area contributed by atoms with Crippen LogP contribution in [-0.4, -0.2) is 27.9 Å². The van der Waals surface area contributed by atoms with Gasteiger partial charge in [-0.3, -0.25) is 4.79 Å². The fraction of sp³-hybridized carbons (Fsp3) is 0.444. The monoisotopic (exact) mass is 312 g/mol. The van der Waals surface area contributed by atoms with Gasteiger partial charge in [-0.05, 0) is 44.1 Å². The van der Waals surface area contributed by atoms with Crippen LogP contribution in [-0.2, 0) is 0 Å². The number of thiazole rings is 1. The third-order valence-corrected chi connectivity index (χ3v) is 5.75. The Kier molecular flexibility index (Phi) is 3.49. The van der Waals surface area contributed by atoms with Crippen LogP contribution in [0.5, 0.6) is 0 Å². The van der Waals surface area contributed by atoms with Crippen LogP contribution in [0.15, 0.2) is 35.2 Å². The highest BCUT2D eigenvalue weighted by atomic mass is 32.1. The maximum atomic E-state index is 12.7. The third kappa shape index (κ3) is 2.35. The predicted molar refractivity (Wildman–Crippen MR) is 88.2 cm³/mol. The van der Waals surface area contributed by atoms with Crippen molar-refractivity contribution in [2.45, 2.75) is 50.6 Å². The quantitative estimate of drug-likeness (QED) is 0.839. The molecule has 0 saturated carbocycles. The fourth-order valence-electron chi connectivity index (χ4n) is 4.07. The molecule has 2 unspecified atom stereocenters. The van der Waals surface area contributed by atoms with Crippen molar-refractivity contribution >= 4 is 17.2 Å². The first kappa shape index (κ1) is 13.9. The van der Waals surface area contributed by atoms with Crippen molar-refractivity contribution in [3.05, 3.63) is 52.0 Å². The maximum absolute atomic E-state index is 12.7. The van der Waals surface area contributed by atoms with E-state index >= 15 is 0 Å². The van der Waals surface area contributed by atoms with Crippen LogP contribution in [0.3, 0.4) is 0 Å². The molecule has 4 rings (SSSR count). The van der Waals surface area contributed by atoms with E-state index in [1.54, 1.807) is 5.51 Å². The van der Waals surface area contributed by atoms with Gasteiger partial charge in [0, 0.05) is 17.5 Å². The van der Waals surface area contributed by atoms with Gasteiger partial charge in [-0.25, -0.2) is 4.98 Å². The van der Waals surface area contributed by atoms with Crippen molar-refractivity contribution < 1.29 is 4.79 Å². The second-order valence-corrected chi connectivity index (χ2v) is 7.27. The van der Waals surface area contributed by atoms with E-state index in [1.165, 1.54) is 22.5 Å². The van der Waals surface area contributed by atoms with Gasteiger partial charge in [-0.15, -0.1) is 11.3 Å². The van der Waals surface area contributed by atoms with Crippen LogP contribution in [0.2, 0.25) is 0 Å². The van der Waals surface area contributed by atoms with Crippen LogP contribution >= 0.6 is 11.3 Å². The summed E-state index contributed by atoms with van der Waals surface area (Å²) in [7, 11) is 0. The molecule has 2 fully saturated rings. The lowest BCUT2D eigenvalue weighted by molar-refractivity contribution is 0.0566. The predicted octanol–water partition coefficient (Wildman–Crippen LogP) is 4.00. The summed E-state index contributed by atoms with van der Waals surface area (Å²) in [5.41, 5.74) is 5.11. The number of aryl methyl sites for hydroxylation is 1. The van der Waals surface area contributed by atoms with Gasteiger partial charge in [-0.1, -0.05) is 29.8 Å². The van der Waals surface area contributed by atoms with Gasteiger partial charge in [-0.2, -0.15) is 0 Å². The SMILES string of the molecule is Cc1ccc(C2CC3CCC(C2)N3C(=O)c2cscn2)cc1. The number of nitrogens with zero attached hydrogens (tertiary/aromatic N) is 2. The highest BCUT2D eigenvalue weighted by molar-refractivity contribution is 7.07. The Hall–Kier alpha value is -1.68. The van der Waals surface area contributed by atoms with E-state index in [1.807, 2.05) is 5.38 Å². The molecule has 2 aromatic rings. The molecule has 22 heavy (non-hydrogen) atoms. The van der Waals surface area contributed by atoms with E-state index < -0.39 is 0 Å². The summed E-state index contributed by atoms with van der Waals surface area (Å²) in [5.74, 6) is 0.730. The van der Waals surface area contributed by atoms with Crippen molar-refractivity contribution in [2.75, 3.05) is 0 Å². The Labute approximate surface area is 135 Å². The zero-order chi connectivity index (χ0) is 15.1. The van der Waals surface area contributed by atoms with Crippen LogP contribution < -0.4 is 0 Å². The first-order valence-corrected chi connectivity index (χ1v) is 8.94. The summed E-state index contributed by atoms with van der Waals surface area (Å²) in [6, 6.07) is 9.70. The van der Waals surface area contributed by atoms with E-state index in [0.717, 1.165) is 25.7 Å². The number of aromatic nitrogens is 1. The van der Waals surface area contributed by atoms with E-state index in [2.05, 4.69) is 41.1 Å². The Morgan fingerprint density at radius 2 is 1.86 bits per heavy atom. The van der Waals surface area contributed by atoms with Crippen molar-refractivity contribution in [2.24, 2.45) is 0 Å². The summed E-state index contributed by atoms with van der Waals surface area (Å²) in [6.07, 6.45) is 4.47. The molecule has 3 heterocycles. The Balaban J connectivity index is 1.54. The smallest absolute Gasteiger partial charge is 0.273 e. The lowest BCUT2D eigenvalue weighted by Gasteiger charge is -2.39. The summed E-state index contributed by atoms with van der Waals surface area (Å²) < 4.78 is 0. The van der Waals surface area contributed by atoms with Gasteiger partial charge in [0.15, 0.2) is 0 Å². The molecule has 2 bridgehead atoms. The summed E-state index contributed by atoms with van der Waals surface area (Å²) in [4.78, 5) is 19.0. The van der Waals surface area contributed by atoms with Crippen LogP contribution in [0, 0.1) is 6.92 Å². The minimum absolute atomic E-state index is 0.135. The number of fused-ring (bicyclic) bond motifs is 2. The second kappa shape index (κ2) is 5.51. The zero-order valence-electron chi connectivity index (χ0n) is 12.7. The highest BCUT2D eigenvalue weighted by Gasteiger charge is 2.44. The lowest BCUT2D eigenvalue weighted by Crippen LogP contribution is -2.46. The van der Waals surface area contributed by atoms with Crippen molar-refractivity contribution in [3.8, 4) is 0 Å². The minimum Gasteiger partial charge on any atom is -0.331 e. The molecule has 1 aromatic heterocycles. The van der Waals surface area contributed by atoms with Crippen LogP contribution in [0.4, 0.5) is 0 Å². The molecule has 2 aliphatic heterocycles. The second-order valence-electron chi connectivity index (χ2n) is 6.55. The number of hydrogen-bond donors (Lipinski definition) is 0. The molecule has 0 radical (unpaired) electrons. The Morgan fingerprint density at radius 3 is 2.45 bits per heavy atom. The summed E-state index contributed by atoms with van der Waals surface area (Å²) >= 11 is 1.49. The van der Waals surface area contributed by atoms with Gasteiger partial charge in [0.25, 0.3) is 5.91 Å². The number of carbonyl (C=O) groups excluding carboxylic acids is 1. The average Bonchev–Trinajstić information content (AvgIpc) is 3.14. The van der Waals surface area contributed by atoms with Crippen molar-refractivity contribution in [1.29, 1.82) is 0 Å². The molecular weight excluding hydrogens is 292 g/mol. The topological polar surface area (TPSA) is 33.2 Å². The fourth-order valence-corrected chi connectivity index (χ4v) is 4.60. The average molecular weight is 312 g/mol. The number of benzene rings is 1. The van der Waals surface area contributed by atoms with E-state index in [0.29, 0.717) is 23.7 Å². The lowest BCUT2D eigenvalue weighted by atomic mass is 9.84. The Bertz CT molecular complexity index is 651. The minimum atomic E-state index is 0.135. The molecule has 0 aliphatic carbocycles.